The Bertz CT molecular complexity index is 718. The summed E-state index contributed by atoms with van der Waals surface area (Å²) in [5, 5.41) is 8.50. The van der Waals surface area contributed by atoms with Crippen LogP contribution in [-0.4, -0.2) is 32.4 Å². The Balaban J connectivity index is 0.000000251. The lowest BCUT2D eigenvalue weighted by Crippen LogP contribution is -2.14. The Morgan fingerprint density at radius 2 is 1.92 bits per heavy atom. The predicted octanol–water partition coefficient (Wildman–Crippen LogP) is 5.41. The molecule has 0 radical (unpaired) electrons. The number of hydrogen-bond acceptors (Lipinski definition) is 4. The number of aryl methyl sites for hydroxylation is 2. The molecule has 0 saturated carbocycles. The second kappa shape index (κ2) is 10.3. The van der Waals surface area contributed by atoms with Crippen LogP contribution in [0.15, 0.2) is 24.3 Å². The average Bonchev–Trinajstić information content (AvgIpc) is 2.55. The fourth-order valence-electron chi connectivity index (χ4n) is 2.36. The van der Waals surface area contributed by atoms with Crippen molar-refractivity contribution < 1.29 is 4.74 Å². The number of hydrogen-bond donors (Lipinski definition) is 1. The zero-order valence-corrected chi connectivity index (χ0v) is 16.9. The smallest absolute Gasteiger partial charge is 0.138 e. The van der Waals surface area contributed by atoms with Gasteiger partial charge in [-0.3, -0.25) is 0 Å². The van der Waals surface area contributed by atoms with Crippen molar-refractivity contribution in [1.82, 2.24) is 4.98 Å². The third kappa shape index (κ3) is 6.22. The molecule has 136 valence electrons. The number of nitrogens with zero attached hydrogens (tertiary/aromatic N) is 2. The van der Waals surface area contributed by atoms with Gasteiger partial charge in [-0.05, 0) is 48.7 Å². The molecule has 1 aromatic heterocycles. The molecule has 0 saturated heterocycles. The normalized spacial score (nSPS) is 9.88. The van der Waals surface area contributed by atoms with Crippen molar-refractivity contribution in [2.45, 2.75) is 26.7 Å². The maximum atomic E-state index is 7.25. The van der Waals surface area contributed by atoms with Crippen molar-refractivity contribution in [3.05, 3.63) is 51.1 Å². The number of halogens is 2. The molecule has 1 heterocycles. The molecule has 0 amide bonds. The van der Waals surface area contributed by atoms with Crippen LogP contribution in [0.4, 0.5) is 5.82 Å². The van der Waals surface area contributed by atoms with E-state index in [-0.39, 0.29) is 0 Å². The van der Waals surface area contributed by atoms with E-state index >= 15 is 0 Å². The lowest BCUT2D eigenvalue weighted by Gasteiger charge is -2.15. The molecule has 1 aromatic carbocycles. The van der Waals surface area contributed by atoms with Gasteiger partial charge < -0.3 is 15.0 Å². The molecule has 0 bridgehead atoms. The SMILES string of the molecule is CCCc1cc(Cl)ccc1OC.Cc1cc(Cl)nc(N(C)C)c1C=N. The average molecular weight is 382 g/mol. The van der Waals surface area contributed by atoms with Gasteiger partial charge in [0.1, 0.15) is 16.7 Å². The number of nitrogens with one attached hydrogen (secondary N) is 1. The van der Waals surface area contributed by atoms with Crippen LogP contribution in [0, 0.1) is 12.3 Å². The van der Waals surface area contributed by atoms with Crippen LogP contribution in [-0.2, 0) is 6.42 Å². The molecule has 0 aliphatic carbocycles. The van der Waals surface area contributed by atoms with Gasteiger partial charge in [0.05, 0.1) is 7.11 Å². The monoisotopic (exact) mass is 381 g/mol. The first-order chi connectivity index (χ1) is 11.8. The molecule has 2 rings (SSSR count). The Kier molecular flexibility index (Phi) is 8.73. The van der Waals surface area contributed by atoms with Crippen LogP contribution >= 0.6 is 23.2 Å². The van der Waals surface area contributed by atoms with E-state index in [2.05, 4.69) is 11.9 Å². The summed E-state index contributed by atoms with van der Waals surface area (Å²) in [7, 11) is 5.44. The van der Waals surface area contributed by atoms with Gasteiger partial charge in [-0.2, -0.15) is 0 Å². The van der Waals surface area contributed by atoms with E-state index in [1.54, 1.807) is 13.2 Å². The lowest BCUT2D eigenvalue weighted by atomic mass is 10.1. The summed E-state index contributed by atoms with van der Waals surface area (Å²) in [6, 6.07) is 7.48. The summed E-state index contributed by atoms with van der Waals surface area (Å²) in [4.78, 5) is 5.99. The van der Waals surface area contributed by atoms with E-state index < -0.39 is 0 Å². The van der Waals surface area contributed by atoms with Crippen molar-refractivity contribution in [1.29, 1.82) is 5.41 Å². The fourth-order valence-corrected chi connectivity index (χ4v) is 2.80. The van der Waals surface area contributed by atoms with Crippen LogP contribution in [0.2, 0.25) is 10.2 Å². The summed E-state index contributed by atoms with van der Waals surface area (Å²) < 4.78 is 5.19. The van der Waals surface area contributed by atoms with E-state index in [4.69, 9.17) is 33.3 Å². The van der Waals surface area contributed by atoms with Crippen LogP contribution < -0.4 is 9.64 Å². The molecule has 0 fully saturated rings. The molecule has 25 heavy (non-hydrogen) atoms. The molecule has 4 nitrogen and oxygen atoms in total. The van der Waals surface area contributed by atoms with E-state index in [1.165, 1.54) is 11.8 Å². The minimum Gasteiger partial charge on any atom is -0.496 e. The van der Waals surface area contributed by atoms with Crippen LogP contribution in [0.3, 0.4) is 0 Å². The lowest BCUT2D eigenvalue weighted by molar-refractivity contribution is 0.409. The Labute approximate surface area is 160 Å². The van der Waals surface area contributed by atoms with Crippen molar-refractivity contribution >= 4 is 35.2 Å². The minimum atomic E-state index is 0.465. The highest BCUT2D eigenvalue weighted by molar-refractivity contribution is 6.30. The van der Waals surface area contributed by atoms with Gasteiger partial charge in [-0.25, -0.2) is 4.98 Å². The zero-order chi connectivity index (χ0) is 19.0. The van der Waals surface area contributed by atoms with Crippen molar-refractivity contribution in [3.8, 4) is 5.75 Å². The molecule has 0 spiro atoms. The van der Waals surface area contributed by atoms with E-state index in [1.807, 2.05) is 44.1 Å². The zero-order valence-electron chi connectivity index (χ0n) is 15.4. The summed E-state index contributed by atoms with van der Waals surface area (Å²) in [6.45, 7) is 4.06. The minimum absolute atomic E-state index is 0.465. The first-order valence-electron chi connectivity index (χ1n) is 8.01. The second-order valence-electron chi connectivity index (χ2n) is 5.74. The van der Waals surface area contributed by atoms with Gasteiger partial charge in [0, 0.05) is 30.9 Å². The predicted molar refractivity (Wildman–Crippen MR) is 108 cm³/mol. The quantitative estimate of drug-likeness (QED) is 0.556. The molecular formula is C19H25Cl2N3O. The molecule has 0 aliphatic rings. The van der Waals surface area contributed by atoms with E-state index in [9.17, 15) is 0 Å². The van der Waals surface area contributed by atoms with Crippen LogP contribution in [0.5, 0.6) is 5.75 Å². The first-order valence-corrected chi connectivity index (χ1v) is 8.76. The molecule has 0 aliphatic heterocycles. The van der Waals surface area contributed by atoms with Gasteiger partial charge in [0.2, 0.25) is 0 Å². The third-order valence-corrected chi connectivity index (χ3v) is 3.97. The van der Waals surface area contributed by atoms with Crippen molar-refractivity contribution in [2.75, 3.05) is 26.1 Å². The number of rotatable bonds is 5. The number of aromatic nitrogens is 1. The van der Waals surface area contributed by atoms with Gasteiger partial charge >= 0.3 is 0 Å². The molecule has 0 unspecified atom stereocenters. The van der Waals surface area contributed by atoms with Gasteiger partial charge in [0.15, 0.2) is 0 Å². The second-order valence-corrected chi connectivity index (χ2v) is 6.57. The van der Waals surface area contributed by atoms with E-state index in [0.29, 0.717) is 5.15 Å². The summed E-state index contributed by atoms with van der Waals surface area (Å²) in [6.07, 6.45) is 3.43. The maximum absolute atomic E-state index is 7.25. The summed E-state index contributed by atoms with van der Waals surface area (Å²) >= 11 is 11.7. The van der Waals surface area contributed by atoms with Crippen LogP contribution in [0.1, 0.15) is 30.0 Å². The Morgan fingerprint density at radius 1 is 1.24 bits per heavy atom. The molecule has 1 N–H and O–H groups in total. The number of ether oxygens (including phenoxy) is 1. The number of anilines is 1. The van der Waals surface area contributed by atoms with Gasteiger partial charge in [-0.15, -0.1) is 0 Å². The highest BCUT2D eigenvalue weighted by atomic mass is 35.5. The van der Waals surface area contributed by atoms with Gasteiger partial charge in [-0.1, -0.05) is 36.5 Å². The number of methoxy groups -OCH3 is 1. The number of benzene rings is 1. The third-order valence-electron chi connectivity index (χ3n) is 3.54. The Morgan fingerprint density at radius 3 is 2.44 bits per heavy atom. The molecule has 2 aromatic rings. The van der Waals surface area contributed by atoms with Gasteiger partial charge in [0.25, 0.3) is 0 Å². The van der Waals surface area contributed by atoms with Crippen LogP contribution in [0.25, 0.3) is 0 Å². The Hall–Kier alpha value is -1.78. The fraction of sp³-hybridized carbons (Fsp3) is 0.368. The number of pyridine rings is 1. The maximum Gasteiger partial charge on any atom is 0.138 e. The highest BCUT2D eigenvalue weighted by Crippen LogP contribution is 2.23. The van der Waals surface area contributed by atoms with Crippen molar-refractivity contribution in [2.24, 2.45) is 0 Å². The topological polar surface area (TPSA) is 49.2 Å². The standard InChI is InChI=1S/C10H13ClO.C9H12ClN3/c1-3-4-8-7-9(11)5-6-10(8)12-2;1-6-4-8(10)12-9(13(2)3)7(6)5-11/h5-7H,3-4H2,1-2H3;4-5,11H,1-3H3. The highest BCUT2D eigenvalue weighted by Gasteiger charge is 2.08. The van der Waals surface area contributed by atoms with Crippen molar-refractivity contribution in [3.63, 3.8) is 0 Å². The summed E-state index contributed by atoms with van der Waals surface area (Å²) in [5.74, 6) is 1.67. The molecule has 6 heteroatoms. The molecule has 0 atom stereocenters. The summed E-state index contributed by atoms with van der Waals surface area (Å²) in [5.41, 5.74) is 2.97. The van der Waals surface area contributed by atoms with E-state index in [0.717, 1.165) is 40.6 Å². The first kappa shape index (κ1) is 21.3. The molecular weight excluding hydrogens is 357 g/mol. The largest absolute Gasteiger partial charge is 0.496 e.